The molecule has 172 valence electrons. The van der Waals surface area contributed by atoms with Crippen molar-refractivity contribution in [3.63, 3.8) is 0 Å². The van der Waals surface area contributed by atoms with Gasteiger partial charge in [0, 0.05) is 50.1 Å². The average molecular weight is 469 g/mol. The summed E-state index contributed by atoms with van der Waals surface area (Å²) in [6.07, 6.45) is 1.96. The molecule has 1 saturated heterocycles. The van der Waals surface area contributed by atoms with Crippen molar-refractivity contribution in [3.8, 4) is 11.5 Å². The highest BCUT2D eigenvalue weighted by Gasteiger charge is 2.25. The van der Waals surface area contributed by atoms with E-state index >= 15 is 0 Å². The zero-order chi connectivity index (χ0) is 22.6. The molecule has 0 radical (unpaired) electrons. The third kappa shape index (κ3) is 5.26. The third-order valence-electron chi connectivity index (χ3n) is 6.13. The lowest BCUT2D eigenvalue weighted by atomic mass is 9.95. The van der Waals surface area contributed by atoms with Gasteiger partial charge in [0.15, 0.2) is 11.5 Å². The number of ether oxygens (including phenoxy) is 2. The van der Waals surface area contributed by atoms with Crippen LogP contribution in [-0.4, -0.2) is 68.9 Å². The van der Waals surface area contributed by atoms with Crippen LogP contribution in [0, 0.1) is 0 Å². The van der Waals surface area contributed by atoms with Crippen molar-refractivity contribution >= 4 is 17.5 Å². The van der Waals surface area contributed by atoms with Crippen LogP contribution < -0.4 is 9.47 Å². The Labute approximate surface area is 196 Å². The van der Waals surface area contributed by atoms with Gasteiger partial charge in [0.05, 0.1) is 6.54 Å². The van der Waals surface area contributed by atoms with Gasteiger partial charge in [-0.1, -0.05) is 29.8 Å². The summed E-state index contributed by atoms with van der Waals surface area (Å²) in [5.74, 6) is 1.71. The molecule has 0 unspecified atom stereocenters. The van der Waals surface area contributed by atoms with E-state index in [1.165, 1.54) is 5.56 Å². The molecule has 1 fully saturated rings. The highest BCUT2D eigenvalue weighted by Crippen LogP contribution is 2.33. The van der Waals surface area contributed by atoms with E-state index in [2.05, 4.69) is 26.5 Å². The molecule has 10 heteroatoms. The van der Waals surface area contributed by atoms with Crippen LogP contribution in [0.2, 0.25) is 5.02 Å². The number of rotatable bonds is 7. The smallest absolute Gasteiger partial charge is 0.231 e. The minimum absolute atomic E-state index is 0.0371. The van der Waals surface area contributed by atoms with E-state index in [-0.39, 0.29) is 18.6 Å². The monoisotopic (exact) mass is 468 g/mol. The molecule has 5 rings (SSSR count). The lowest BCUT2D eigenvalue weighted by Crippen LogP contribution is -2.48. The van der Waals surface area contributed by atoms with Crippen molar-refractivity contribution in [1.82, 2.24) is 30.0 Å². The van der Waals surface area contributed by atoms with Crippen LogP contribution in [0.5, 0.6) is 11.5 Å². The summed E-state index contributed by atoms with van der Waals surface area (Å²) in [6.45, 7) is 4.72. The number of fused-ring (bicyclic) bond motifs is 1. The highest BCUT2D eigenvalue weighted by atomic mass is 35.5. The Kier molecular flexibility index (Phi) is 6.41. The van der Waals surface area contributed by atoms with Gasteiger partial charge in [-0.15, -0.1) is 5.10 Å². The van der Waals surface area contributed by atoms with Gasteiger partial charge in [-0.25, -0.2) is 4.68 Å². The van der Waals surface area contributed by atoms with E-state index in [0.29, 0.717) is 31.1 Å². The number of nitrogens with zero attached hydrogens (tertiary/aromatic N) is 6. The number of carbonyl (C=O) groups excluding carboxylic acids is 1. The molecule has 1 atom stereocenters. The summed E-state index contributed by atoms with van der Waals surface area (Å²) < 4.78 is 12.5. The predicted molar refractivity (Wildman–Crippen MR) is 121 cm³/mol. The molecule has 2 aliphatic heterocycles. The summed E-state index contributed by atoms with van der Waals surface area (Å²) in [5.41, 5.74) is 2.23. The molecule has 2 aliphatic rings. The van der Waals surface area contributed by atoms with E-state index < -0.39 is 0 Å². The highest BCUT2D eigenvalue weighted by molar-refractivity contribution is 6.30. The normalized spacial score (nSPS) is 16.7. The van der Waals surface area contributed by atoms with Gasteiger partial charge in [-0.2, -0.15) is 0 Å². The molecule has 1 amide bonds. The van der Waals surface area contributed by atoms with Gasteiger partial charge < -0.3 is 14.4 Å². The fourth-order valence-electron chi connectivity index (χ4n) is 4.31. The van der Waals surface area contributed by atoms with Crippen molar-refractivity contribution < 1.29 is 14.3 Å². The summed E-state index contributed by atoms with van der Waals surface area (Å²) in [7, 11) is 0. The molecule has 2 aromatic carbocycles. The van der Waals surface area contributed by atoms with Crippen LogP contribution in [0.4, 0.5) is 0 Å². The Balaban J connectivity index is 1.18. The standard InChI is InChI=1S/C23H25ClN6O3/c24-20-4-2-18(3-5-20)19(14-30-15-25-26-27-30)12-23(31)29-9-7-28(8-10-29)13-17-1-6-21-22(11-17)33-16-32-21/h1-6,11,15,19H,7-10,12-14,16H2/t19-/m1/s1. The number of tetrazole rings is 1. The second kappa shape index (κ2) is 9.76. The Morgan fingerprint density at radius 3 is 2.58 bits per heavy atom. The Morgan fingerprint density at radius 1 is 1.03 bits per heavy atom. The molecule has 3 heterocycles. The molecule has 0 saturated carbocycles. The number of halogens is 1. The maximum atomic E-state index is 13.2. The first-order valence-electron chi connectivity index (χ1n) is 11.0. The van der Waals surface area contributed by atoms with Crippen molar-refractivity contribution in [2.24, 2.45) is 0 Å². The Morgan fingerprint density at radius 2 is 1.82 bits per heavy atom. The van der Waals surface area contributed by atoms with Gasteiger partial charge in [0.2, 0.25) is 12.7 Å². The molecule has 1 aromatic heterocycles. The zero-order valence-electron chi connectivity index (χ0n) is 18.1. The number of piperazine rings is 1. The van der Waals surface area contributed by atoms with E-state index in [1.807, 2.05) is 41.3 Å². The SMILES string of the molecule is O=C(C[C@H](Cn1cnnn1)c1ccc(Cl)cc1)N1CCN(Cc2ccc3c(c2)OCO3)CC1. The number of benzene rings is 2. The van der Waals surface area contributed by atoms with Gasteiger partial charge >= 0.3 is 0 Å². The molecule has 33 heavy (non-hydrogen) atoms. The first-order valence-corrected chi connectivity index (χ1v) is 11.4. The maximum absolute atomic E-state index is 13.2. The predicted octanol–water partition coefficient (Wildman–Crippen LogP) is 2.57. The Bertz CT molecular complexity index is 1080. The second-order valence-electron chi connectivity index (χ2n) is 8.33. The van der Waals surface area contributed by atoms with E-state index in [1.54, 1.807) is 11.0 Å². The first kappa shape index (κ1) is 21.7. The lowest BCUT2D eigenvalue weighted by Gasteiger charge is -2.35. The van der Waals surface area contributed by atoms with Gasteiger partial charge in [0.1, 0.15) is 6.33 Å². The van der Waals surface area contributed by atoms with Crippen molar-refractivity contribution in [1.29, 1.82) is 0 Å². The van der Waals surface area contributed by atoms with Crippen LogP contribution in [0.1, 0.15) is 23.5 Å². The van der Waals surface area contributed by atoms with Crippen molar-refractivity contribution in [3.05, 3.63) is 64.9 Å². The lowest BCUT2D eigenvalue weighted by molar-refractivity contribution is -0.133. The largest absolute Gasteiger partial charge is 0.454 e. The molecular weight excluding hydrogens is 444 g/mol. The quantitative estimate of drug-likeness (QED) is 0.526. The van der Waals surface area contributed by atoms with Gasteiger partial charge in [-0.05, 0) is 45.8 Å². The van der Waals surface area contributed by atoms with E-state index in [4.69, 9.17) is 21.1 Å². The van der Waals surface area contributed by atoms with Crippen molar-refractivity contribution in [2.75, 3.05) is 33.0 Å². The minimum atomic E-state index is -0.0371. The maximum Gasteiger partial charge on any atom is 0.231 e. The number of carbonyl (C=O) groups is 1. The number of amides is 1. The van der Waals surface area contributed by atoms with Gasteiger partial charge in [-0.3, -0.25) is 9.69 Å². The molecule has 0 spiro atoms. The third-order valence-corrected chi connectivity index (χ3v) is 6.38. The topological polar surface area (TPSA) is 85.6 Å². The minimum Gasteiger partial charge on any atom is -0.454 e. The van der Waals surface area contributed by atoms with Crippen LogP contribution in [0.3, 0.4) is 0 Å². The molecule has 0 bridgehead atoms. The van der Waals surface area contributed by atoms with Gasteiger partial charge in [0.25, 0.3) is 0 Å². The van der Waals surface area contributed by atoms with Crippen LogP contribution in [-0.2, 0) is 17.9 Å². The van der Waals surface area contributed by atoms with E-state index in [9.17, 15) is 4.79 Å². The summed E-state index contributed by atoms with van der Waals surface area (Å²) >= 11 is 6.06. The van der Waals surface area contributed by atoms with Crippen LogP contribution in [0.25, 0.3) is 0 Å². The van der Waals surface area contributed by atoms with Crippen LogP contribution >= 0.6 is 11.6 Å². The fourth-order valence-corrected chi connectivity index (χ4v) is 4.43. The molecule has 0 N–H and O–H groups in total. The molecule has 0 aliphatic carbocycles. The summed E-state index contributed by atoms with van der Waals surface area (Å²) in [5, 5.41) is 12.1. The average Bonchev–Trinajstić information content (AvgIpc) is 3.51. The van der Waals surface area contributed by atoms with Crippen molar-refractivity contribution in [2.45, 2.75) is 25.4 Å². The van der Waals surface area contributed by atoms with E-state index in [0.717, 1.165) is 36.7 Å². The number of aromatic nitrogens is 4. The number of hydrogen-bond acceptors (Lipinski definition) is 7. The summed E-state index contributed by atoms with van der Waals surface area (Å²) in [4.78, 5) is 17.5. The molecule has 3 aromatic rings. The summed E-state index contributed by atoms with van der Waals surface area (Å²) in [6, 6.07) is 13.7. The second-order valence-corrected chi connectivity index (χ2v) is 8.77. The Hall–Kier alpha value is -3.17. The van der Waals surface area contributed by atoms with Crippen LogP contribution in [0.15, 0.2) is 48.8 Å². The number of hydrogen-bond donors (Lipinski definition) is 0. The zero-order valence-corrected chi connectivity index (χ0v) is 18.9. The molecule has 9 nitrogen and oxygen atoms in total. The fraction of sp³-hybridized carbons (Fsp3) is 0.391. The molecular formula is C23H25ClN6O3. The first-order chi connectivity index (χ1) is 16.1.